The Kier molecular flexibility index (Phi) is 2.51. The standard InChI is InChI=1S/C16H19NO3/c18-9-13-11-7-4-8-12-14(11)15(19)17(16(12,13)20)10-5-2-1-3-6-10/h1-3,5-6,11-14,18,20H,4,7-9H2/t11-,12-,13+,14+,16-/m0/s1. The van der Waals surface area contributed by atoms with E-state index in [0.29, 0.717) is 0 Å². The van der Waals surface area contributed by atoms with E-state index in [0.717, 1.165) is 24.9 Å². The molecule has 2 aliphatic carbocycles. The van der Waals surface area contributed by atoms with Crippen LogP contribution in [-0.2, 0) is 4.79 Å². The summed E-state index contributed by atoms with van der Waals surface area (Å²) >= 11 is 0. The summed E-state index contributed by atoms with van der Waals surface area (Å²) in [5, 5.41) is 21.1. The number of anilines is 1. The van der Waals surface area contributed by atoms with Crippen molar-refractivity contribution in [2.24, 2.45) is 23.7 Å². The number of hydrogen-bond donors (Lipinski definition) is 2. The minimum Gasteiger partial charge on any atom is -0.396 e. The minimum absolute atomic E-state index is 0.0221. The molecule has 0 aromatic heterocycles. The molecule has 1 heterocycles. The van der Waals surface area contributed by atoms with Gasteiger partial charge in [0.2, 0.25) is 5.91 Å². The zero-order valence-corrected chi connectivity index (χ0v) is 11.3. The molecule has 1 amide bonds. The van der Waals surface area contributed by atoms with Crippen molar-refractivity contribution in [2.45, 2.75) is 25.0 Å². The van der Waals surface area contributed by atoms with E-state index < -0.39 is 5.72 Å². The van der Waals surface area contributed by atoms with Crippen LogP contribution in [0.3, 0.4) is 0 Å². The predicted octanol–water partition coefficient (Wildman–Crippen LogP) is 1.38. The number of aliphatic hydroxyl groups is 2. The van der Waals surface area contributed by atoms with Gasteiger partial charge in [-0.15, -0.1) is 0 Å². The van der Waals surface area contributed by atoms with Gasteiger partial charge >= 0.3 is 0 Å². The number of benzene rings is 1. The van der Waals surface area contributed by atoms with Gasteiger partial charge in [0.1, 0.15) is 0 Å². The maximum Gasteiger partial charge on any atom is 0.233 e. The second-order valence-electron chi connectivity index (χ2n) is 6.31. The predicted molar refractivity (Wildman–Crippen MR) is 73.8 cm³/mol. The van der Waals surface area contributed by atoms with Crippen molar-refractivity contribution in [3.05, 3.63) is 30.3 Å². The number of hydrogen-bond acceptors (Lipinski definition) is 3. The first-order chi connectivity index (χ1) is 9.69. The van der Waals surface area contributed by atoms with Crippen LogP contribution >= 0.6 is 0 Å². The lowest BCUT2D eigenvalue weighted by atomic mass is 9.77. The number of nitrogens with zero attached hydrogens (tertiary/aromatic N) is 1. The summed E-state index contributed by atoms with van der Waals surface area (Å²) in [7, 11) is 0. The molecule has 0 radical (unpaired) electrons. The summed E-state index contributed by atoms with van der Waals surface area (Å²) in [5.41, 5.74) is -0.453. The number of carbonyl (C=O) groups excluding carboxylic acids is 1. The first kappa shape index (κ1) is 12.4. The normalized spacial score (nSPS) is 42.3. The quantitative estimate of drug-likeness (QED) is 0.855. The van der Waals surface area contributed by atoms with E-state index in [4.69, 9.17) is 0 Å². The molecule has 1 aliphatic heterocycles. The Morgan fingerprint density at radius 1 is 1.25 bits per heavy atom. The minimum atomic E-state index is -1.20. The number of aliphatic hydroxyl groups excluding tert-OH is 1. The molecule has 3 aliphatic rings. The highest BCUT2D eigenvalue weighted by molar-refractivity contribution is 6.00. The lowest BCUT2D eigenvalue weighted by molar-refractivity contribution is -0.129. The molecule has 4 heteroatoms. The third-order valence-corrected chi connectivity index (χ3v) is 5.63. The Morgan fingerprint density at radius 3 is 2.65 bits per heavy atom. The maximum atomic E-state index is 12.7. The highest BCUT2D eigenvalue weighted by Gasteiger charge is 2.72. The zero-order valence-electron chi connectivity index (χ0n) is 11.3. The SMILES string of the molecule is O=C1[C@@H]2[C@H]3CCC[C@@H]2[C@](O)([C@@H]3CO)N1c1ccccc1. The van der Waals surface area contributed by atoms with E-state index in [1.807, 2.05) is 30.3 Å². The molecule has 106 valence electrons. The number of piperidine rings is 1. The van der Waals surface area contributed by atoms with Crippen molar-refractivity contribution >= 4 is 11.6 Å². The van der Waals surface area contributed by atoms with Gasteiger partial charge in [-0.3, -0.25) is 9.69 Å². The van der Waals surface area contributed by atoms with Crippen LogP contribution in [0.1, 0.15) is 19.3 Å². The fourth-order valence-electron chi connectivity index (χ4n) is 4.94. The van der Waals surface area contributed by atoms with Crippen molar-refractivity contribution < 1.29 is 15.0 Å². The molecule has 2 N–H and O–H groups in total. The molecule has 4 rings (SSSR count). The monoisotopic (exact) mass is 273 g/mol. The maximum absolute atomic E-state index is 12.7. The molecule has 0 unspecified atom stereocenters. The lowest BCUT2D eigenvalue weighted by Crippen LogP contribution is -2.57. The van der Waals surface area contributed by atoms with E-state index in [-0.39, 0.29) is 36.2 Å². The second-order valence-corrected chi connectivity index (χ2v) is 6.31. The average Bonchev–Trinajstić information content (AvgIpc) is 2.77. The second kappa shape index (κ2) is 4.06. The van der Waals surface area contributed by atoms with Crippen LogP contribution in [0.4, 0.5) is 5.69 Å². The molecule has 1 aromatic rings. The van der Waals surface area contributed by atoms with Crippen LogP contribution in [0.15, 0.2) is 30.3 Å². The van der Waals surface area contributed by atoms with Gasteiger partial charge in [0, 0.05) is 23.4 Å². The number of para-hydroxylation sites is 1. The molecule has 1 saturated heterocycles. The molecule has 2 saturated carbocycles. The van der Waals surface area contributed by atoms with E-state index in [9.17, 15) is 15.0 Å². The first-order valence-electron chi connectivity index (χ1n) is 7.42. The fraction of sp³-hybridized carbons (Fsp3) is 0.562. The van der Waals surface area contributed by atoms with Gasteiger partial charge in [0.05, 0.1) is 6.61 Å². The van der Waals surface area contributed by atoms with E-state index in [1.54, 1.807) is 4.90 Å². The Labute approximate surface area is 118 Å². The third kappa shape index (κ3) is 1.26. The fourth-order valence-corrected chi connectivity index (χ4v) is 4.94. The Morgan fingerprint density at radius 2 is 2.00 bits per heavy atom. The van der Waals surface area contributed by atoms with Gasteiger partial charge in [-0.2, -0.15) is 0 Å². The first-order valence-corrected chi connectivity index (χ1v) is 7.42. The van der Waals surface area contributed by atoms with Crippen LogP contribution in [0.25, 0.3) is 0 Å². The highest BCUT2D eigenvalue weighted by Crippen LogP contribution is 2.62. The Bertz CT molecular complexity index is 546. The van der Waals surface area contributed by atoms with Crippen LogP contribution in [0.2, 0.25) is 0 Å². The zero-order chi connectivity index (χ0) is 13.9. The number of carbonyl (C=O) groups is 1. The van der Waals surface area contributed by atoms with Crippen molar-refractivity contribution in [2.75, 3.05) is 11.5 Å². The van der Waals surface area contributed by atoms with Crippen LogP contribution in [-0.4, -0.2) is 28.5 Å². The summed E-state index contributed by atoms with van der Waals surface area (Å²) in [6, 6.07) is 9.36. The molecular formula is C16H19NO3. The molecule has 5 atom stereocenters. The summed E-state index contributed by atoms with van der Waals surface area (Å²) in [6.07, 6.45) is 2.87. The van der Waals surface area contributed by atoms with Crippen molar-refractivity contribution in [1.29, 1.82) is 0 Å². The molecule has 0 spiro atoms. The number of rotatable bonds is 2. The van der Waals surface area contributed by atoms with Gasteiger partial charge in [-0.05, 0) is 30.9 Å². The van der Waals surface area contributed by atoms with E-state index >= 15 is 0 Å². The van der Waals surface area contributed by atoms with Crippen molar-refractivity contribution in [3.8, 4) is 0 Å². The van der Waals surface area contributed by atoms with Crippen LogP contribution < -0.4 is 4.90 Å². The van der Waals surface area contributed by atoms with Crippen molar-refractivity contribution in [3.63, 3.8) is 0 Å². The summed E-state index contributed by atoms with van der Waals surface area (Å²) in [6.45, 7) is -0.0508. The smallest absolute Gasteiger partial charge is 0.233 e. The number of amides is 1. The Balaban J connectivity index is 1.85. The van der Waals surface area contributed by atoms with Gasteiger partial charge in [0.25, 0.3) is 0 Å². The summed E-state index contributed by atoms with van der Waals surface area (Å²) in [4.78, 5) is 14.3. The van der Waals surface area contributed by atoms with Gasteiger partial charge in [0.15, 0.2) is 5.72 Å². The molecule has 1 aromatic carbocycles. The average molecular weight is 273 g/mol. The van der Waals surface area contributed by atoms with Crippen LogP contribution in [0, 0.1) is 23.7 Å². The van der Waals surface area contributed by atoms with Crippen LogP contribution in [0.5, 0.6) is 0 Å². The Hall–Kier alpha value is -1.39. The molecule has 3 fully saturated rings. The van der Waals surface area contributed by atoms with Crippen molar-refractivity contribution in [1.82, 2.24) is 0 Å². The molecular weight excluding hydrogens is 254 g/mol. The molecule has 4 nitrogen and oxygen atoms in total. The highest BCUT2D eigenvalue weighted by atomic mass is 16.3. The summed E-state index contributed by atoms with van der Waals surface area (Å²) in [5.74, 6) is -0.149. The molecule has 4 bridgehead atoms. The largest absolute Gasteiger partial charge is 0.396 e. The van der Waals surface area contributed by atoms with Gasteiger partial charge in [-0.1, -0.05) is 24.6 Å². The van der Waals surface area contributed by atoms with Gasteiger partial charge < -0.3 is 10.2 Å². The van der Waals surface area contributed by atoms with E-state index in [1.165, 1.54) is 0 Å². The van der Waals surface area contributed by atoms with E-state index in [2.05, 4.69) is 0 Å². The van der Waals surface area contributed by atoms with Gasteiger partial charge in [-0.25, -0.2) is 0 Å². The third-order valence-electron chi connectivity index (χ3n) is 5.63. The summed E-state index contributed by atoms with van der Waals surface area (Å²) < 4.78 is 0. The topological polar surface area (TPSA) is 60.8 Å². The molecule has 20 heavy (non-hydrogen) atoms. The lowest BCUT2D eigenvalue weighted by Gasteiger charge is -2.42.